The minimum absolute atomic E-state index is 0.113. The van der Waals surface area contributed by atoms with Gasteiger partial charge in [-0.1, -0.05) is 0 Å². The summed E-state index contributed by atoms with van der Waals surface area (Å²) in [5.41, 5.74) is 0.113. The Morgan fingerprint density at radius 2 is 1.85 bits per heavy atom. The summed E-state index contributed by atoms with van der Waals surface area (Å²) in [6.45, 7) is -2.74. The topological polar surface area (TPSA) is 50.4 Å². The number of hydrogen-bond donors (Lipinski definition) is 2. The highest BCUT2D eigenvalue weighted by molar-refractivity contribution is 7.99. The molecule has 0 spiro atoms. The van der Waals surface area contributed by atoms with Gasteiger partial charge in [0.15, 0.2) is 11.6 Å². The second kappa shape index (κ2) is 9.91. The largest absolute Gasteiger partial charge is 0.432 e. The van der Waals surface area contributed by atoms with Crippen molar-refractivity contribution in [2.75, 3.05) is 17.6 Å². The van der Waals surface area contributed by atoms with Gasteiger partial charge in [0.25, 0.3) is 0 Å². The highest BCUT2D eigenvalue weighted by Crippen LogP contribution is 2.23. The lowest BCUT2D eigenvalue weighted by Gasteiger charge is -2.10. The van der Waals surface area contributed by atoms with Gasteiger partial charge in [-0.2, -0.15) is 8.78 Å². The molecule has 140 valence electrons. The summed E-state index contributed by atoms with van der Waals surface area (Å²) in [6.07, 6.45) is 0.672. The summed E-state index contributed by atoms with van der Waals surface area (Å²) in [7, 11) is 0. The maximum Gasteiger partial charge on any atom is 0.387 e. The molecule has 0 aliphatic rings. The summed E-state index contributed by atoms with van der Waals surface area (Å²) >= 11 is 1.53. The van der Waals surface area contributed by atoms with Crippen LogP contribution in [-0.2, 0) is 0 Å². The zero-order chi connectivity index (χ0) is 18.9. The number of amides is 2. The normalized spacial score (nSPS) is 10.7. The van der Waals surface area contributed by atoms with Crippen LogP contribution in [0.4, 0.5) is 28.0 Å². The van der Waals surface area contributed by atoms with Crippen LogP contribution in [0.5, 0.6) is 5.75 Å². The number of anilines is 1. The molecule has 2 aromatic carbocycles. The van der Waals surface area contributed by atoms with E-state index in [4.69, 9.17) is 0 Å². The fourth-order valence-electron chi connectivity index (χ4n) is 1.94. The van der Waals surface area contributed by atoms with Gasteiger partial charge in [-0.05, 0) is 48.6 Å². The molecule has 4 nitrogen and oxygen atoms in total. The maximum absolute atomic E-state index is 13.5. The van der Waals surface area contributed by atoms with E-state index in [2.05, 4.69) is 15.4 Å². The number of carbonyl (C=O) groups is 1. The van der Waals surface area contributed by atoms with E-state index in [1.165, 1.54) is 30.0 Å². The first kappa shape index (κ1) is 19.9. The molecule has 26 heavy (non-hydrogen) atoms. The molecule has 0 unspecified atom stereocenters. The van der Waals surface area contributed by atoms with Crippen molar-refractivity contribution in [2.45, 2.75) is 17.9 Å². The number of benzene rings is 2. The molecule has 2 N–H and O–H groups in total. The Hall–Kier alpha value is -2.42. The summed E-state index contributed by atoms with van der Waals surface area (Å²) in [4.78, 5) is 12.6. The van der Waals surface area contributed by atoms with Crippen LogP contribution < -0.4 is 15.4 Å². The van der Waals surface area contributed by atoms with Crippen molar-refractivity contribution in [1.82, 2.24) is 5.32 Å². The van der Waals surface area contributed by atoms with Gasteiger partial charge in [0.2, 0.25) is 0 Å². The lowest BCUT2D eigenvalue weighted by Crippen LogP contribution is -2.29. The van der Waals surface area contributed by atoms with Gasteiger partial charge >= 0.3 is 12.6 Å². The van der Waals surface area contributed by atoms with E-state index in [9.17, 15) is 22.4 Å². The highest BCUT2D eigenvalue weighted by Gasteiger charge is 2.11. The van der Waals surface area contributed by atoms with E-state index in [-0.39, 0.29) is 11.5 Å². The van der Waals surface area contributed by atoms with Crippen LogP contribution in [-0.4, -0.2) is 24.9 Å². The minimum atomic E-state index is -3.13. The van der Waals surface area contributed by atoms with Crippen molar-refractivity contribution >= 4 is 23.5 Å². The highest BCUT2D eigenvalue weighted by atomic mass is 32.2. The minimum Gasteiger partial charge on any atom is -0.432 e. The third kappa shape index (κ3) is 6.83. The van der Waals surface area contributed by atoms with Crippen molar-refractivity contribution in [3.05, 3.63) is 54.1 Å². The summed E-state index contributed by atoms with van der Waals surface area (Å²) < 4.78 is 54.4. The van der Waals surface area contributed by atoms with Crippen molar-refractivity contribution in [1.29, 1.82) is 0 Å². The first-order valence-corrected chi connectivity index (χ1v) is 8.60. The van der Waals surface area contributed by atoms with Gasteiger partial charge in [0.1, 0.15) is 5.82 Å². The Labute approximate surface area is 151 Å². The zero-order valence-corrected chi connectivity index (χ0v) is 14.3. The molecule has 2 rings (SSSR count). The van der Waals surface area contributed by atoms with Crippen LogP contribution >= 0.6 is 11.8 Å². The van der Waals surface area contributed by atoms with Gasteiger partial charge in [-0.25, -0.2) is 13.6 Å². The molecule has 0 saturated carbocycles. The summed E-state index contributed by atoms with van der Waals surface area (Å²) in [5.74, 6) is -1.17. The lowest BCUT2D eigenvalue weighted by molar-refractivity contribution is -0.0521. The molecule has 0 aliphatic carbocycles. The Morgan fingerprint density at radius 3 is 2.50 bits per heavy atom. The van der Waals surface area contributed by atoms with Crippen LogP contribution in [0.2, 0.25) is 0 Å². The first-order valence-electron chi connectivity index (χ1n) is 7.61. The number of halogens is 4. The standard InChI is InChI=1S/C17H16F4N2O2S/c18-11-2-5-13(6-3-11)26-9-1-8-22-17(24)23-12-4-7-15(14(19)10-12)25-16(20)21/h2-7,10,16H,1,8-9H2,(H2,22,23,24). The molecule has 0 bridgehead atoms. The Balaban J connectivity index is 1.68. The zero-order valence-electron chi connectivity index (χ0n) is 13.5. The fourth-order valence-corrected chi connectivity index (χ4v) is 2.79. The van der Waals surface area contributed by atoms with Gasteiger partial charge in [-0.3, -0.25) is 0 Å². The molecule has 2 amide bonds. The quantitative estimate of drug-likeness (QED) is 0.385. The third-order valence-electron chi connectivity index (χ3n) is 3.09. The van der Waals surface area contributed by atoms with E-state index >= 15 is 0 Å². The van der Waals surface area contributed by atoms with Crippen molar-refractivity contribution in [3.63, 3.8) is 0 Å². The smallest absolute Gasteiger partial charge is 0.387 e. The SMILES string of the molecule is O=C(NCCCSc1ccc(F)cc1)Nc1ccc(OC(F)F)c(F)c1. The molecule has 0 aromatic heterocycles. The molecule has 0 fully saturated rings. The molecule has 0 aliphatic heterocycles. The molecule has 9 heteroatoms. The number of alkyl halides is 2. The summed E-state index contributed by atoms with van der Waals surface area (Å²) in [6, 6.07) is 8.73. The van der Waals surface area contributed by atoms with Crippen molar-refractivity contribution in [3.8, 4) is 5.75 Å². The van der Waals surface area contributed by atoms with E-state index in [1.54, 1.807) is 12.1 Å². The number of urea groups is 1. The fraction of sp³-hybridized carbons (Fsp3) is 0.235. The van der Waals surface area contributed by atoms with Crippen molar-refractivity contribution < 1.29 is 27.1 Å². The number of hydrogen-bond acceptors (Lipinski definition) is 3. The molecule has 0 radical (unpaired) electrons. The van der Waals surface area contributed by atoms with Crippen molar-refractivity contribution in [2.24, 2.45) is 0 Å². The molecule has 0 saturated heterocycles. The lowest BCUT2D eigenvalue weighted by atomic mass is 10.3. The number of nitrogens with one attached hydrogen (secondary N) is 2. The Bertz CT molecular complexity index is 729. The third-order valence-corrected chi connectivity index (χ3v) is 4.19. The van der Waals surface area contributed by atoms with Crippen LogP contribution in [0.1, 0.15) is 6.42 Å². The van der Waals surface area contributed by atoms with E-state index < -0.39 is 24.2 Å². The van der Waals surface area contributed by atoms with Gasteiger partial charge < -0.3 is 15.4 Å². The van der Waals surface area contributed by atoms with Crippen LogP contribution in [0.3, 0.4) is 0 Å². The van der Waals surface area contributed by atoms with Gasteiger partial charge in [0.05, 0.1) is 0 Å². The van der Waals surface area contributed by atoms with Crippen LogP contribution in [0.15, 0.2) is 47.4 Å². The Morgan fingerprint density at radius 1 is 1.12 bits per heavy atom. The van der Waals surface area contributed by atoms with E-state index in [0.29, 0.717) is 13.0 Å². The number of carbonyl (C=O) groups excluding carboxylic acids is 1. The molecular weight excluding hydrogens is 372 g/mol. The van der Waals surface area contributed by atoms with Crippen LogP contribution in [0, 0.1) is 11.6 Å². The predicted octanol–water partition coefficient (Wildman–Crippen LogP) is 4.87. The average Bonchev–Trinajstić information content (AvgIpc) is 2.58. The van der Waals surface area contributed by atoms with Crippen LogP contribution in [0.25, 0.3) is 0 Å². The summed E-state index contributed by atoms with van der Waals surface area (Å²) in [5, 5.41) is 4.99. The average molecular weight is 388 g/mol. The monoisotopic (exact) mass is 388 g/mol. The Kier molecular flexibility index (Phi) is 7.58. The van der Waals surface area contributed by atoms with Gasteiger partial charge in [-0.15, -0.1) is 11.8 Å². The molecule has 2 aromatic rings. The second-order valence-corrected chi connectivity index (χ2v) is 6.23. The first-order chi connectivity index (χ1) is 12.4. The molecule has 0 atom stereocenters. The predicted molar refractivity (Wildman–Crippen MR) is 91.8 cm³/mol. The molecular formula is C17H16F4N2O2S. The molecule has 0 heterocycles. The second-order valence-electron chi connectivity index (χ2n) is 5.06. The van der Waals surface area contributed by atoms with Gasteiger partial charge in [0, 0.05) is 23.2 Å². The number of ether oxygens (including phenoxy) is 1. The number of thioether (sulfide) groups is 1. The number of rotatable bonds is 8. The van der Waals surface area contributed by atoms with E-state index in [0.717, 1.165) is 22.8 Å². The van der Waals surface area contributed by atoms with E-state index in [1.807, 2.05) is 0 Å². The maximum atomic E-state index is 13.5.